The van der Waals surface area contributed by atoms with E-state index in [4.69, 9.17) is 0 Å². The van der Waals surface area contributed by atoms with E-state index in [1.54, 1.807) is 0 Å². The summed E-state index contributed by atoms with van der Waals surface area (Å²) in [6, 6.07) is 24.0. The highest BCUT2D eigenvalue weighted by Gasteiger charge is 2.17. The van der Waals surface area contributed by atoms with Crippen molar-refractivity contribution in [3.8, 4) is 0 Å². The summed E-state index contributed by atoms with van der Waals surface area (Å²) in [5.41, 5.74) is 6.75. The zero-order valence-electron chi connectivity index (χ0n) is 13.2. The van der Waals surface area contributed by atoms with Crippen LogP contribution in [0.4, 0.5) is 0 Å². The van der Waals surface area contributed by atoms with E-state index in [0.717, 1.165) is 17.3 Å². The molecule has 4 aromatic rings. The van der Waals surface area contributed by atoms with Crippen LogP contribution in [0.3, 0.4) is 0 Å². The highest BCUT2D eigenvalue weighted by molar-refractivity contribution is 9.10. The van der Waals surface area contributed by atoms with E-state index >= 15 is 0 Å². The Morgan fingerprint density at radius 2 is 1.54 bits per heavy atom. The summed E-state index contributed by atoms with van der Waals surface area (Å²) < 4.78 is 3.56. The predicted octanol–water partition coefficient (Wildman–Crippen LogP) is 6.50. The molecule has 0 saturated heterocycles. The van der Waals surface area contributed by atoms with Crippen molar-refractivity contribution in [2.24, 2.45) is 0 Å². The first-order valence-corrected chi connectivity index (χ1v) is 9.08. The Labute approximate surface area is 149 Å². The number of allylic oxidation sites excluding steroid dienone is 1. The molecule has 0 amide bonds. The number of para-hydroxylation sites is 1. The molecule has 0 aliphatic heterocycles. The lowest BCUT2D eigenvalue weighted by Crippen LogP contribution is -2.04. The molecule has 24 heavy (non-hydrogen) atoms. The lowest BCUT2D eigenvalue weighted by Gasteiger charge is -2.19. The van der Waals surface area contributed by atoms with E-state index in [1.807, 2.05) is 0 Å². The van der Waals surface area contributed by atoms with Gasteiger partial charge >= 0.3 is 0 Å². The van der Waals surface area contributed by atoms with Crippen LogP contribution in [0.5, 0.6) is 0 Å². The van der Waals surface area contributed by atoms with Crippen LogP contribution < -0.4 is 0 Å². The molecular formula is C22H16BrN. The largest absolute Gasteiger partial charge is 0.313 e. The van der Waals surface area contributed by atoms with Gasteiger partial charge in [0.2, 0.25) is 0 Å². The molecule has 0 saturated carbocycles. The molecule has 0 bridgehead atoms. The van der Waals surface area contributed by atoms with Crippen LogP contribution in [-0.4, -0.2) is 4.57 Å². The number of aryl methyl sites for hydroxylation is 1. The minimum absolute atomic E-state index is 1.07. The van der Waals surface area contributed by atoms with E-state index in [0.29, 0.717) is 0 Å². The van der Waals surface area contributed by atoms with E-state index in [2.05, 4.69) is 93.3 Å². The average Bonchev–Trinajstić information content (AvgIpc) is 2.95. The Morgan fingerprint density at radius 1 is 0.750 bits per heavy atom. The van der Waals surface area contributed by atoms with Crippen LogP contribution in [0.15, 0.2) is 71.2 Å². The van der Waals surface area contributed by atoms with E-state index in [-0.39, 0.29) is 0 Å². The Hall–Kier alpha value is -2.32. The van der Waals surface area contributed by atoms with Gasteiger partial charge in [-0.15, -0.1) is 0 Å². The molecule has 0 atom stereocenters. The molecule has 0 radical (unpaired) electrons. The van der Waals surface area contributed by atoms with Gasteiger partial charge < -0.3 is 4.57 Å². The Kier molecular flexibility index (Phi) is 3.14. The van der Waals surface area contributed by atoms with Gasteiger partial charge in [-0.2, -0.15) is 0 Å². The number of halogens is 1. The maximum atomic E-state index is 3.62. The number of rotatable bonds is 1. The zero-order chi connectivity index (χ0) is 16.1. The first-order chi connectivity index (χ1) is 11.8. The lowest BCUT2D eigenvalue weighted by atomic mass is 9.95. The standard InChI is InChI=1S/C22H16BrN/c23-17-10-12-22-20(14-17)19-7-3-4-8-21(19)24(22)18-11-9-15-5-1-2-6-16(15)13-18/h1-8,10,12-14H,9,11H2. The van der Waals surface area contributed by atoms with Crippen LogP contribution in [0.25, 0.3) is 33.6 Å². The summed E-state index contributed by atoms with van der Waals surface area (Å²) in [6.45, 7) is 0. The third-order valence-corrected chi connectivity index (χ3v) is 5.44. The summed E-state index contributed by atoms with van der Waals surface area (Å²) >= 11 is 3.62. The molecule has 1 aliphatic rings. The second-order valence-electron chi connectivity index (χ2n) is 6.35. The van der Waals surface area contributed by atoms with Crippen LogP contribution in [0.2, 0.25) is 0 Å². The second kappa shape index (κ2) is 5.35. The lowest BCUT2D eigenvalue weighted by molar-refractivity contribution is 0.947. The van der Waals surface area contributed by atoms with Crippen molar-refractivity contribution >= 4 is 49.5 Å². The first kappa shape index (κ1) is 14.1. The van der Waals surface area contributed by atoms with E-state index in [9.17, 15) is 0 Å². The fraction of sp³-hybridized carbons (Fsp3) is 0.0909. The van der Waals surface area contributed by atoms with Crippen molar-refractivity contribution < 1.29 is 0 Å². The smallest absolute Gasteiger partial charge is 0.0538 e. The van der Waals surface area contributed by atoms with Crippen molar-refractivity contribution in [1.82, 2.24) is 4.57 Å². The minimum atomic E-state index is 1.07. The molecule has 0 spiro atoms. The SMILES string of the molecule is Brc1ccc2c(c1)c1ccccc1n2C1=Cc2ccccc2CC1. The normalized spacial score (nSPS) is 14.0. The van der Waals surface area contributed by atoms with Gasteiger partial charge in [0.05, 0.1) is 11.0 Å². The van der Waals surface area contributed by atoms with Crippen LogP contribution in [-0.2, 0) is 6.42 Å². The zero-order valence-corrected chi connectivity index (χ0v) is 14.8. The number of fused-ring (bicyclic) bond motifs is 4. The molecule has 0 unspecified atom stereocenters. The molecule has 2 heteroatoms. The Bertz CT molecular complexity index is 1120. The van der Waals surface area contributed by atoms with Crippen molar-refractivity contribution in [3.05, 3.63) is 82.3 Å². The topological polar surface area (TPSA) is 4.93 Å². The molecule has 1 nitrogen and oxygen atoms in total. The van der Waals surface area contributed by atoms with Gasteiger partial charge in [0, 0.05) is 20.9 Å². The summed E-state index contributed by atoms with van der Waals surface area (Å²) in [5, 5.41) is 2.62. The summed E-state index contributed by atoms with van der Waals surface area (Å²) in [4.78, 5) is 0. The molecule has 1 heterocycles. The first-order valence-electron chi connectivity index (χ1n) is 8.29. The van der Waals surface area contributed by atoms with Crippen LogP contribution in [0.1, 0.15) is 17.5 Å². The summed E-state index contributed by atoms with van der Waals surface area (Å²) in [6.07, 6.45) is 4.53. The molecule has 5 rings (SSSR count). The predicted molar refractivity (Wildman–Crippen MR) is 106 cm³/mol. The summed E-state index contributed by atoms with van der Waals surface area (Å²) in [7, 11) is 0. The third-order valence-electron chi connectivity index (χ3n) is 4.95. The van der Waals surface area contributed by atoms with Gasteiger partial charge in [-0.1, -0.05) is 58.4 Å². The van der Waals surface area contributed by atoms with Crippen molar-refractivity contribution in [3.63, 3.8) is 0 Å². The van der Waals surface area contributed by atoms with Crippen molar-refractivity contribution in [2.75, 3.05) is 0 Å². The highest BCUT2D eigenvalue weighted by Crippen LogP contribution is 2.36. The summed E-state index contributed by atoms with van der Waals surface area (Å²) in [5.74, 6) is 0. The number of benzene rings is 3. The molecule has 0 N–H and O–H groups in total. The van der Waals surface area contributed by atoms with Crippen LogP contribution in [0, 0.1) is 0 Å². The molecule has 1 aromatic heterocycles. The average molecular weight is 374 g/mol. The molecule has 3 aromatic carbocycles. The number of nitrogens with zero attached hydrogens (tertiary/aromatic N) is 1. The van der Waals surface area contributed by atoms with Gasteiger partial charge in [0.15, 0.2) is 0 Å². The number of aromatic nitrogens is 1. The third kappa shape index (κ3) is 2.06. The van der Waals surface area contributed by atoms with Crippen molar-refractivity contribution in [2.45, 2.75) is 12.8 Å². The van der Waals surface area contributed by atoms with Gasteiger partial charge in [-0.25, -0.2) is 0 Å². The fourth-order valence-electron chi connectivity index (χ4n) is 3.85. The molecule has 1 aliphatic carbocycles. The van der Waals surface area contributed by atoms with E-state index < -0.39 is 0 Å². The van der Waals surface area contributed by atoms with Crippen molar-refractivity contribution in [1.29, 1.82) is 0 Å². The maximum absolute atomic E-state index is 3.62. The molecule has 0 fully saturated rings. The molecular weight excluding hydrogens is 358 g/mol. The van der Waals surface area contributed by atoms with Gasteiger partial charge in [-0.05, 0) is 54.3 Å². The van der Waals surface area contributed by atoms with E-state index in [1.165, 1.54) is 38.6 Å². The second-order valence-corrected chi connectivity index (χ2v) is 7.26. The maximum Gasteiger partial charge on any atom is 0.0538 e. The number of hydrogen-bond acceptors (Lipinski definition) is 0. The minimum Gasteiger partial charge on any atom is -0.313 e. The quantitative estimate of drug-likeness (QED) is 0.358. The highest BCUT2D eigenvalue weighted by atomic mass is 79.9. The Morgan fingerprint density at radius 3 is 2.50 bits per heavy atom. The van der Waals surface area contributed by atoms with Crippen LogP contribution >= 0.6 is 15.9 Å². The van der Waals surface area contributed by atoms with Gasteiger partial charge in [-0.3, -0.25) is 0 Å². The Balaban J connectivity index is 1.85. The van der Waals surface area contributed by atoms with Gasteiger partial charge in [0.1, 0.15) is 0 Å². The van der Waals surface area contributed by atoms with Gasteiger partial charge in [0.25, 0.3) is 0 Å². The monoisotopic (exact) mass is 373 g/mol. The fourth-order valence-corrected chi connectivity index (χ4v) is 4.21. The molecule has 116 valence electrons. The number of hydrogen-bond donors (Lipinski definition) is 0.